The van der Waals surface area contributed by atoms with Crippen molar-refractivity contribution in [3.8, 4) is 0 Å². The molecular weight excluding hydrogens is 266 g/mol. The normalized spacial score (nSPS) is 10.9. The molecule has 3 nitrogen and oxygen atoms in total. The number of thioether (sulfide) groups is 1. The molecule has 0 radical (unpaired) electrons. The van der Waals surface area contributed by atoms with Gasteiger partial charge >= 0.3 is 0 Å². The number of nitrogens with one attached hydrogen (secondary N) is 1. The molecule has 1 aromatic carbocycles. The molecule has 5 heteroatoms. The molecule has 3 rings (SSSR count). The van der Waals surface area contributed by atoms with Crippen LogP contribution in [0, 0.1) is 0 Å². The third kappa shape index (κ3) is 2.49. The van der Waals surface area contributed by atoms with Gasteiger partial charge in [0.15, 0.2) is 5.16 Å². The van der Waals surface area contributed by atoms with Crippen molar-refractivity contribution in [1.29, 1.82) is 0 Å². The zero-order valence-electron chi connectivity index (χ0n) is 9.43. The highest BCUT2D eigenvalue weighted by Gasteiger charge is 2.03. The van der Waals surface area contributed by atoms with E-state index < -0.39 is 0 Å². The van der Waals surface area contributed by atoms with Crippen molar-refractivity contribution in [3.63, 3.8) is 0 Å². The monoisotopic (exact) mass is 275 g/mol. The van der Waals surface area contributed by atoms with E-state index in [-0.39, 0.29) is 0 Å². The molecule has 0 amide bonds. The van der Waals surface area contributed by atoms with Gasteiger partial charge in [-0.15, -0.1) is 0 Å². The number of hydrogen-bond acceptors (Lipinski definition) is 3. The maximum absolute atomic E-state index is 5.85. The van der Waals surface area contributed by atoms with Crippen LogP contribution in [0.3, 0.4) is 0 Å². The number of imidazole rings is 1. The molecule has 0 spiro atoms. The van der Waals surface area contributed by atoms with Gasteiger partial charge in [0, 0.05) is 11.9 Å². The Hall–Kier alpha value is -1.52. The molecule has 3 aromatic rings. The maximum atomic E-state index is 5.85. The van der Waals surface area contributed by atoms with Gasteiger partial charge in [0.25, 0.3) is 0 Å². The molecule has 0 aliphatic carbocycles. The largest absolute Gasteiger partial charge is 0.333 e. The molecule has 0 saturated carbocycles. The second kappa shape index (κ2) is 5.00. The number of nitrogens with zero attached hydrogens (tertiary/aromatic N) is 2. The summed E-state index contributed by atoms with van der Waals surface area (Å²) in [5, 5.41) is 1.45. The average molecular weight is 276 g/mol. The summed E-state index contributed by atoms with van der Waals surface area (Å²) < 4.78 is 0. The van der Waals surface area contributed by atoms with Crippen molar-refractivity contribution in [2.75, 3.05) is 0 Å². The van der Waals surface area contributed by atoms with E-state index in [1.807, 2.05) is 36.4 Å². The molecule has 0 aliphatic heterocycles. The fourth-order valence-corrected chi connectivity index (χ4v) is 2.71. The highest BCUT2D eigenvalue weighted by Crippen LogP contribution is 2.23. The third-order valence-corrected chi connectivity index (χ3v) is 3.69. The fourth-order valence-electron chi connectivity index (χ4n) is 1.68. The van der Waals surface area contributed by atoms with Crippen molar-refractivity contribution in [3.05, 3.63) is 53.3 Å². The van der Waals surface area contributed by atoms with Gasteiger partial charge < -0.3 is 4.98 Å². The lowest BCUT2D eigenvalue weighted by Gasteiger charge is -1.98. The van der Waals surface area contributed by atoms with E-state index in [1.54, 1.807) is 18.0 Å². The number of para-hydroxylation sites is 2. The third-order valence-electron chi connectivity index (χ3n) is 2.53. The number of fused-ring (bicyclic) bond motifs is 1. The Morgan fingerprint density at radius 1 is 1.22 bits per heavy atom. The summed E-state index contributed by atoms with van der Waals surface area (Å²) >= 11 is 7.50. The van der Waals surface area contributed by atoms with Gasteiger partial charge in [0.1, 0.15) is 5.15 Å². The Morgan fingerprint density at radius 2 is 2.11 bits per heavy atom. The van der Waals surface area contributed by atoms with Crippen LogP contribution in [0.5, 0.6) is 0 Å². The number of rotatable bonds is 3. The lowest BCUT2D eigenvalue weighted by molar-refractivity contribution is 1.08. The molecule has 0 bridgehead atoms. The predicted octanol–water partition coefficient (Wildman–Crippen LogP) is 3.90. The SMILES string of the molecule is Clc1cc(CSc2nc3ccccc3[nH]2)ccn1. The van der Waals surface area contributed by atoms with Crippen LogP contribution in [0.2, 0.25) is 5.15 Å². The number of hydrogen-bond donors (Lipinski definition) is 1. The summed E-state index contributed by atoms with van der Waals surface area (Å²) in [7, 11) is 0. The first-order valence-electron chi connectivity index (χ1n) is 5.49. The summed E-state index contributed by atoms with van der Waals surface area (Å²) in [5.74, 6) is 0.821. The quantitative estimate of drug-likeness (QED) is 0.582. The van der Waals surface area contributed by atoms with Crippen LogP contribution in [0.25, 0.3) is 11.0 Å². The van der Waals surface area contributed by atoms with Crippen LogP contribution in [0.4, 0.5) is 0 Å². The molecule has 2 heterocycles. The Labute approximate surface area is 114 Å². The van der Waals surface area contributed by atoms with E-state index >= 15 is 0 Å². The van der Waals surface area contributed by atoms with Crippen molar-refractivity contribution >= 4 is 34.4 Å². The predicted molar refractivity (Wildman–Crippen MR) is 74.9 cm³/mol. The topological polar surface area (TPSA) is 41.6 Å². The molecule has 90 valence electrons. The van der Waals surface area contributed by atoms with E-state index in [1.165, 1.54) is 0 Å². The van der Waals surface area contributed by atoms with Crippen LogP contribution in [0.1, 0.15) is 5.56 Å². The summed E-state index contributed by atoms with van der Waals surface area (Å²) in [6.07, 6.45) is 1.72. The molecule has 1 N–H and O–H groups in total. The van der Waals surface area contributed by atoms with Gasteiger partial charge in [-0.3, -0.25) is 0 Å². The summed E-state index contributed by atoms with van der Waals surface area (Å²) in [6, 6.07) is 11.8. The Morgan fingerprint density at radius 3 is 2.94 bits per heavy atom. The van der Waals surface area contributed by atoms with E-state index in [0.717, 1.165) is 27.5 Å². The van der Waals surface area contributed by atoms with Gasteiger partial charge in [0.05, 0.1) is 11.0 Å². The highest BCUT2D eigenvalue weighted by atomic mass is 35.5. The zero-order chi connectivity index (χ0) is 12.4. The first kappa shape index (κ1) is 11.6. The van der Waals surface area contributed by atoms with Crippen LogP contribution in [-0.4, -0.2) is 15.0 Å². The lowest BCUT2D eigenvalue weighted by Crippen LogP contribution is -1.83. The molecule has 18 heavy (non-hydrogen) atoms. The first-order chi connectivity index (χ1) is 8.81. The van der Waals surface area contributed by atoms with E-state index in [0.29, 0.717) is 5.15 Å². The average Bonchev–Trinajstić information content (AvgIpc) is 2.79. The smallest absolute Gasteiger partial charge is 0.166 e. The van der Waals surface area contributed by atoms with Crippen LogP contribution < -0.4 is 0 Å². The second-order valence-corrected chi connectivity index (χ2v) is 5.19. The molecule has 0 saturated heterocycles. The lowest BCUT2D eigenvalue weighted by atomic mass is 10.3. The highest BCUT2D eigenvalue weighted by molar-refractivity contribution is 7.98. The molecular formula is C13H10ClN3S. The maximum Gasteiger partial charge on any atom is 0.166 e. The number of halogens is 1. The first-order valence-corrected chi connectivity index (χ1v) is 6.85. The van der Waals surface area contributed by atoms with E-state index in [9.17, 15) is 0 Å². The van der Waals surface area contributed by atoms with Gasteiger partial charge in [-0.1, -0.05) is 35.5 Å². The van der Waals surface area contributed by atoms with Crippen LogP contribution >= 0.6 is 23.4 Å². The molecule has 0 aliphatic rings. The Kier molecular flexibility index (Phi) is 3.21. The zero-order valence-corrected chi connectivity index (χ0v) is 11.0. The Bertz CT molecular complexity index is 648. The Balaban J connectivity index is 1.76. The number of benzene rings is 1. The minimum atomic E-state index is 0.526. The summed E-state index contributed by atoms with van der Waals surface area (Å²) in [6.45, 7) is 0. The van der Waals surface area contributed by atoms with E-state index in [2.05, 4.69) is 15.0 Å². The number of H-pyrrole nitrogens is 1. The number of aromatic nitrogens is 3. The summed E-state index contributed by atoms with van der Waals surface area (Å²) in [4.78, 5) is 11.8. The standard InChI is InChI=1S/C13H10ClN3S/c14-12-7-9(5-6-15-12)8-18-13-16-10-3-1-2-4-11(10)17-13/h1-7H,8H2,(H,16,17). The molecule has 0 fully saturated rings. The summed E-state index contributed by atoms with van der Waals surface area (Å²) in [5.41, 5.74) is 3.20. The number of aromatic amines is 1. The van der Waals surface area contributed by atoms with Crippen molar-refractivity contribution in [2.24, 2.45) is 0 Å². The minimum Gasteiger partial charge on any atom is -0.333 e. The molecule has 2 aromatic heterocycles. The van der Waals surface area contributed by atoms with Gasteiger partial charge in [-0.2, -0.15) is 0 Å². The van der Waals surface area contributed by atoms with Crippen molar-refractivity contribution in [2.45, 2.75) is 10.9 Å². The van der Waals surface area contributed by atoms with Crippen LogP contribution in [-0.2, 0) is 5.75 Å². The number of pyridine rings is 1. The van der Waals surface area contributed by atoms with Crippen molar-refractivity contribution < 1.29 is 0 Å². The molecule has 0 atom stereocenters. The molecule has 0 unspecified atom stereocenters. The van der Waals surface area contributed by atoms with Gasteiger partial charge in [-0.05, 0) is 29.8 Å². The van der Waals surface area contributed by atoms with Gasteiger partial charge in [0.2, 0.25) is 0 Å². The fraction of sp³-hybridized carbons (Fsp3) is 0.0769. The van der Waals surface area contributed by atoms with Gasteiger partial charge in [-0.25, -0.2) is 9.97 Å². The van der Waals surface area contributed by atoms with Crippen LogP contribution in [0.15, 0.2) is 47.8 Å². The van der Waals surface area contributed by atoms with E-state index in [4.69, 9.17) is 11.6 Å². The minimum absolute atomic E-state index is 0.526. The van der Waals surface area contributed by atoms with Crippen molar-refractivity contribution in [1.82, 2.24) is 15.0 Å². The second-order valence-electron chi connectivity index (χ2n) is 3.83.